The summed E-state index contributed by atoms with van der Waals surface area (Å²) in [6.07, 6.45) is 9.17. The number of rotatable bonds is 16. The molecule has 40 heavy (non-hydrogen) atoms. The number of terminal acetylenes is 1. The van der Waals surface area contributed by atoms with Crippen molar-refractivity contribution in [3.05, 3.63) is 54.0 Å². The number of hydrogen-bond acceptors (Lipinski definition) is 6. The summed E-state index contributed by atoms with van der Waals surface area (Å²) in [6, 6.07) is 0.909. The molecule has 0 aliphatic rings. The highest BCUT2D eigenvalue weighted by atomic mass is 28.3. The van der Waals surface area contributed by atoms with Gasteiger partial charge in [0.2, 0.25) is 5.88 Å². The minimum atomic E-state index is -4.56. The molecule has 0 aromatic carbocycles. The first-order chi connectivity index (χ1) is 18.5. The van der Waals surface area contributed by atoms with Crippen molar-refractivity contribution >= 4 is 20.3 Å². The SMILES string of the molecule is C#C/C(=C\C[C@H](C)c1nc(C(F)(F)F)cn1COCC[Si](C)(C)C)CC=N/C(=C\C=C)OCC(C)(C)C(=O)OC. The largest absolute Gasteiger partial charge is 0.476 e. The molecule has 1 rings (SSSR count). The van der Waals surface area contributed by atoms with Gasteiger partial charge in [0.15, 0.2) is 5.69 Å². The Hall–Kier alpha value is -3.10. The second-order valence-corrected chi connectivity index (χ2v) is 16.9. The van der Waals surface area contributed by atoms with E-state index in [0.29, 0.717) is 25.0 Å². The normalized spacial score (nSPS) is 14.2. The molecular formula is C29H42F3N3O4Si. The number of aliphatic imine (C=N–C) groups is 1. The lowest BCUT2D eigenvalue weighted by Gasteiger charge is -2.21. The van der Waals surface area contributed by atoms with Gasteiger partial charge in [-0.05, 0) is 32.4 Å². The van der Waals surface area contributed by atoms with E-state index in [-0.39, 0.29) is 31.0 Å². The third-order valence-corrected chi connectivity index (χ3v) is 7.48. The maximum absolute atomic E-state index is 13.4. The van der Waals surface area contributed by atoms with Crippen LogP contribution < -0.4 is 0 Å². The molecule has 1 aromatic rings. The van der Waals surface area contributed by atoms with E-state index in [1.54, 1.807) is 39.1 Å². The molecule has 0 aliphatic heterocycles. The number of carbonyl (C=O) groups excluding carboxylic acids is 1. The topological polar surface area (TPSA) is 74.9 Å². The van der Waals surface area contributed by atoms with Crippen LogP contribution >= 0.6 is 0 Å². The smallest absolute Gasteiger partial charge is 0.434 e. The molecule has 1 atom stereocenters. The first-order valence-electron chi connectivity index (χ1n) is 13.0. The van der Waals surface area contributed by atoms with Gasteiger partial charge in [-0.15, -0.1) is 6.42 Å². The Morgan fingerprint density at radius 2 is 2.00 bits per heavy atom. The monoisotopic (exact) mass is 581 g/mol. The van der Waals surface area contributed by atoms with Crippen molar-refractivity contribution in [1.82, 2.24) is 9.55 Å². The zero-order valence-electron chi connectivity index (χ0n) is 24.6. The van der Waals surface area contributed by atoms with Crippen molar-refractivity contribution in [3.63, 3.8) is 0 Å². The standard InChI is InChI=1S/C29H42F3N3O4Si/c1-10-12-25(39-20-28(4,5)27(36)37-6)33-16-15-23(11-2)14-13-22(3)26-34-24(29(30,31)32)19-35(26)21-38-17-18-40(7,8)9/h2,10,12,14,16,19,22H,1,13,15,17-18,20-21H2,3-9H3/b23-14+,25-12+,33-16?/t22-/m0/s1. The molecule has 11 heteroatoms. The number of esters is 1. The predicted octanol–water partition coefficient (Wildman–Crippen LogP) is 6.97. The van der Waals surface area contributed by atoms with Crippen LogP contribution in [0.1, 0.15) is 51.0 Å². The molecule has 0 bridgehead atoms. The van der Waals surface area contributed by atoms with Crippen LogP contribution in [-0.2, 0) is 31.9 Å². The molecule has 0 amide bonds. The quantitative estimate of drug-likeness (QED) is 0.0401. The second kappa shape index (κ2) is 15.6. The number of ether oxygens (including phenoxy) is 3. The molecule has 0 N–H and O–H groups in total. The highest BCUT2D eigenvalue weighted by molar-refractivity contribution is 6.76. The van der Waals surface area contributed by atoms with Gasteiger partial charge in [0.05, 0.1) is 12.5 Å². The fourth-order valence-electron chi connectivity index (χ4n) is 3.28. The molecule has 0 saturated carbocycles. The summed E-state index contributed by atoms with van der Waals surface area (Å²) in [7, 11) is -0.0211. The van der Waals surface area contributed by atoms with Crippen LogP contribution in [0, 0.1) is 17.8 Å². The molecule has 0 saturated heterocycles. The fourth-order valence-corrected chi connectivity index (χ4v) is 4.04. The lowest BCUT2D eigenvalue weighted by molar-refractivity contribution is -0.153. The summed E-state index contributed by atoms with van der Waals surface area (Å²) < 4.78 is 57.7. The minimum absolute atomic E-state index is 0.00317. The zero-order valence-corrected chi connectivity index (χ0v) is 25.6. The molecule has 0 fully saturated rings. The van der Waals surface area contributed by atoms with Crippen LogP contribution in [0.25, 0.3) is 0 Å². The number of imidazole rings is 1. The Labute approximate surface area is 237 Å². The molecule has 0 unspecified atom stereocenters. The van der Waals surface area contributed by atoms with Crippen LogP contribution in [0.2, 0.25) is 25.7 Å². The molecule has 1 aromatic heterocycles. The second-order valence-electron chi connectivity index (χ2n) is 11.2. The van der Waals surface area contributed by atoms with E-state index in [0.717, 1.165) is 12.2 Å². The molecule has 7 nitrogen and oxygen atoms in total. The van der Waals surface area contributed by atoms with Crippen molar-refractivity contribution in [1.29, 1.82) is 0 Å². The van der Waals surface area contributed by atoms with Gasteiger partial charge in [-0.2, -0.15) is 13.2 Å². The van der Waals surface area contributed by atoms with Gasteiger partial charge in [0.1, 0.15) is 19.2 Å². The predicted molar refractivity (Wildman–Crippen MR) is 154 cm³/mol. The van der Waals surface area contributed by atoms with Gasteiger partial charge in [-0.25, -0.2) is 9.98 Å². The third kappa shape index (κ3) is 12.4. The molecule has 222 valence electrons. The molecular weight excluding hydrogens is 539 g/mol. The van der Waals surface area contributed by atoms with Crippen molar-refractivity contribution in [2.24, 2.45) is 10.4 Å². The molecule has 0 radical (unpaired) electrons. The average Bonchev–Trinajstić information content (AvgIpc) is 3.31. The Morgan fingerprint density at radius 1 is 1.32 bits per heavy atom. The summed E-state index contributed by atoms with van der Waals surface area (Å²) in [6.45, 7) is 16.0. The number of halogens is 3. The summed E-state index contributed by atoms with van der Waals surface area (Å²) in [5.41, 5.74) is -1.22. The number of aromatic nitrogens is 2. The van der Waals surface area contributed by atoms with Crippen molar-refractivity contribution in [3.8, 4) is 12.3 Å². The van der Waals surface area contributed by atoms with Crippen LogP contribution in [-0.4, -0.2) is 50.1 Å². The summed E-state index contributed by atoms with van der Waals surface area (Å²) in [5.74, 6) is 2.35. The minimum Gasteiger partial charge on any atom is -0.476 e. The summed E-state index contributed by atoms with van der Waals surface area (Å²) >= 11 is 0. The number of alkyl halides is 3. The summed E-state index contributed by atoms with van der Waals surface area (Å²) in [5, 5.41) is 0. The Bertz CT molecular complexity index is 1120. The van der Waals surface area contributed by atoms with Gasteiger partial charge in [0, 0.05) is 45.0 Å². The molecule has 0 aliphatic carbocycles. The van der Waals surface area contributed by atoms with Gasteiger partial charge >= 0.3 is 12.1 Å². The van der Waals surface area contributed by atoms with Crippen LogP contribution in [0.3, 0.4) is 0 Å². The third-order valence-electron chi connectivity index (χ3n) is 5.78. The number of hydrogen-bond donors (Lipinski definition) is 0. The van der Waals surface area contributed by atoms with Crippen LogP contribution in [0.4, 0.5) is 13.2 Å². The molecule has 0 spiro atoms. The lowest BCUT2D eigenvalue weighted by Crippen LogP contribution is -2.30. The first-order valence-corrected chi connectivity index (χ1v) is 16.7. The maximum atomic E-state index is 13.4. The van der Waals surface area contributed by atoms with E-state index >= 15 is 0 Å². The van der Waals surface area contributed by atoms with E-state index in [9.17, 15) is 18.0 Å². The van der Waals surface area contributed by atoms with Crippen LogP contribution in [0.15, 0.2) is 47.5 Å². The van der Waals surface area contributed by atoms with E-state index in [1.165, 1.54) is 17.8 Å². The van der Waals surface area contributed by atoms with E-state index < -0.39 is 31.3 Å². The van der Waals surface area contributed by atoms with Gasteiger partial charge in [-0.1, -0.05) is 51.2 Å². The molecule has 1 heterocycles. The number of nitrogens with zero attached hydrogens (tertiary/aromatic N) is 3. The van der Waals surface area contributed by atoms with Crippen LogP contribution in [0.5, 0.6) is 0 Å². The average molecular weight is 582 g/mol. The maximum Gasteiger partial charge on any atom is 0.434 e. The zero-order chi connectivity index (χ0) is 30.6. The van der Waals surface area contributed by atoms with Gasteiger partial charge in [-0.3, -0.25) is 4.79 Å². The summed E-state index contributed by atoms with van der Waals surface area (Å²) in [4.78, 5) is 20.0. The van der Waals surface area contributed by atoms with Crippen molar-refractivity contribution in [2.45, 2.75) is 78.1 Å². The first kappa shape index (κ1) is 34.9. The van der Waals surface area contributed by atoms with E-state index in [4.69, 9.17) is 20.6 Å². The van der Waals surface area contributed by atoms with Gasteiger partial charge in [0.25, 0.3) is 0 Å². The lowest BCUT2D eigenvalue weighted by atomic mass is 9.95. The Morgan fingerprint density at radius 3 is 2.55 bits per heavy atom. The number of allylic oxidation sites excluding steroid dienone is 4. The Kier molecular flexibility index (Phi) is 13.6. The Balaban J connectivity index is 2.93. The number of methoxy groups -OCH3 is 1. The van der Waals surface area contributed by atoms with Crippen molar-refractivity contribution in [2.75, 3.05) is 20.3 Å². The van der Waals surface area contributed by atoms with Gasteiger partial charge < -0.3 is 18.8 Å². The highest BCUT2D eigenvalue weighted by Crippen LogP contribution is 2.31. The fraction of sp³-hybridized carbons (Fsp3) is 0.552. The van der Waals surface area contributed by atoms with E-state index in [2.05, 4.69) is 42.1 Å². The number of carbonyl (C=O) groups is 1. The van der Waals surface area contributed by atoms with E-state index in [1.807, 2.05) is 0 Å². The highest BCUT2D eigenvalue weighted by Gasteiger charge is 2.35. The van der Waals surface area contributed by atoms with Crippen molar-refractivity contribution < 1.29 is 32.2 Å².